The maximum absolute atomic E-state index is 13.1. The molecular formula is C23H32N8O4. The Morgan fingerprint density at radius 3 is 2.57 bits per heavy atom. The van der Waals surface area contributed by atoms with Crippen LogP contribution in [0.25, 0.3) is 11.0 Å². The second kappa shape index (κ2) is 10.9. The van der Waals surface area contributed by atoms with Crippen LogP contribution in [-0.2, 0) is 13.1 Å². The first-order valence-corrected chi connectivity index (χ1v) is 11.4. The van der Waals surface area contributed by atoms with Gasteiger partial charge in [0, 0.05) is 31.2 Å². The number of nitrogens with one attached hydrogen (secondary N) is 3. The van der Waals surface area contributed by atoms with Gasteiger partial charge in [-0.25, -0.2) is 9.78 Å². The van der Waals surface area contributed by atoms with Crippen molar-refractivity contribution in [3.63, 3.8) is 0 Å². The van der Waals surface area contributed by atoms with Crippen LogP contribution in [0.3, 0.4) is 0 Å². The number of aryl methyl sites for hydroxylation is 3. The van der Waals surface area contributed by atoms with E-state index in [1.807, 2.05) is 27.7 Å². The van der Waals surface area contributed by atoms with E-state index in [1.165, 1.54) is 13.2 Å². The summed E-state index contributed by atoms with van der Waals surface area (Å²) < 4.78 is 8.92. The minimum Gasteiger partial charge on any atom is -0.494 e. The molecule has 35 heavy (non-hydrogen) atoms. The second-order valence-electron chi connectivity index (χ2n) is 8.35. The highest BCUT2D eigenvalue weighted by Gasteiger charge is 2.21. The zero-order valence-electron chi connectivity index (χ0n) is 20.6. The first-order chi connectivity index (χ1) is 16.6. The fourth-order valence-electron chi connectivity index (χ4n) is 3.73. The molecule has 1 aromatic carbocycles. The summed E-state index contributed by atoms with van der Waals surface area (Å²) in [6.45, 7) is 8.82. The van der Waals surface area contributed by atoms with Crippen molar-refractivity contribution < 1.29 is 19.1 Å². The molecule has 0 aliphatic carbocycles. The van der Waals surface area contributed by atoms with Crippen LogP contribution in [0.2, 0.25) is 0 Å². The van der Waals surface area contributed by atoms with Crippen LogP contribution >= 0.6 is 0 Å². The third-order valence-corrected chi connectivity index (χ3v) is 5.23. The van der Waals surface area contributed by atoms with E-state index < -0.39 is 5.91 Å². The fourth-order valence-corrected chi connectivity index (χ4v) is 3.73. The molecule has 0 fully saturated rings. The largest absolute Gasteiger partial charge is 0.494 e. The number of carbonyl (C=O) groups excluding carboxylic acids is 3. The molecule has 0 spiro atoms. The maximum Gasteiger partial charge on any atom is 0.314 e. The van der Waals surface area contributed by atoms with Crippen LogP contribution in [0.4, 0.5) is 10.7 Å². The van der Waals surface area contributed by atoms with Gasteiger partial charge in [0.1, 0.15) is 17.0 Å². The van der Waals surface area contributed by atoms with Crippen molar-refractivity contribution in [1.82, 2.24) is 30.0 Å². The average Bonchev–Trinajstić information content (AvgIpc) is 3.35. The number of ether oxygens (including phenoxy) is 1. The van der Waals surface area contributed by atoms with Gasteiger partial charge in [-0.05, 0) is 52.3 Å². The number of nitrogens with two attached hydrogens (primary N) is 1. The monoisotopic (exact) mass is 484 g/mol. The minimum absolute atomic E-state index is 0.0262. The van der Waals surface area contributed by atoms with Crippen molar-refractivity contribution in [3.05, 3.63) is 35.2 Å². The number of nitrogens with zero attached hydrogens (tertiary/aromatic N) is 4. The molecular weight excluding hydrogens is 452 g/mol. The molecule has 0 atom stereocenters. The zero-order valence-corrected chi connectivity index (χ0v) is 20.6. The van der Waals surface area contributed by atoms with Crippen LogP contribution in [0.1, 0.15) is 53.7 Å². The van der Waals surface area contributed by atoms with Gasteiger partial charge >= 0.3 is 6.03 Å². The third-order valence-electron chi connectivity index (χ3n) is 5.23. The van der Waals surface area contributed by atoms with Gasteiger partial charge in [-0.3, -0.25) is 19.6 Å². The van der Waals surface area contributed by atoms with E-state index in [2.05, 4.69) is 26.0 Å². The Balaban J connectivity index is 1.94. The highest BCUT2D eigenvalue weighted by molar-refractivity contribution is 6.04. The number of benzene rings is 1. The summed E-state index contributed by atoms with van der Waals surface area (Å²) in [6.07, 6.45) is 0.548. The number of carbonyl (C=O) groups is 3. The summed E-state index contributed by atoms with van der Waals surface area (Å²) in [5, 5.41) is 12.8. The van der Waals surface area contributed by atoms with Crippen LogP contribution in [0.5, 0.6) is 5.75 Å². The molecule has 2 heterocycles. The van der Waals surface area contributed by atoms with Crippen molar-refractivity contribution >= 4 is 34.8 Å². The lowest BCUT2D eigenvalue weighted by Gasteiger charge is -2.14. The predicted molar refractivity (Wildman–Crippen MR) is 132 cm³/mol. The van der Waals surface area contributed by atoms with E-state index in [4.69, 9.17) is 10.5 Å². The zero-order chi connectivity index (χ0) is 25.7. The van der Waals surface area contributed by atoms with Crippen molar-refractivity contribution in [1.29, 1.82) is 0 Å². The Morgan fingerprint density at radius 1 is 1.20 bits per heavy atom. The molecule has 5 N–H and O–H groups in total. The lowest BCUT2D eigenvalue weighted by Crippen LogP contribution is -2.40. The maximum atomic E-state index is 13.1. The number of fused-ring (bicyclic) bond motifs is 1. The standard InChI is InChI=1S/C23H32N8O4/c1-6-31-17(10-14(4)29-31)21(33)28-22-27-16-11-15(20(24)32)12-18(35-5)19(16)30(22)9-7-8-25-23(34)26-13(2)3/h10-13H,6-9H2,1-5H3,(H2,24,32)(H2,25,26,34)(H,27,28,33). The molecule has 0 saturated heterocycles. The van der Waals surface area contributed by atoms with E-state index in [0.717, 1.165) is 5.69 Å². The number of hydrogen-bond donors (Lipinski definition) is 4. The van der Waals surface area contributed by atoms with Crippen molar-refractivity contribution in [2.45, 2.75) is 53.2 Å². The highest BCUT2D eigenvalue weighted by Crippen LogP contribution is 2.31. The molecule has 188 valence electrons. The Labute approximate surface area is 203 Å². The smallest absolute Gasteiger partial charge is 0.314 e. The Kier molecular flexibility index (Phi) is 7.94. The van der Waals surface area contributed by atoms with Gasteiger partial charge in [0.2, 0.25) is 11.9 Å². The molecule has 4 amide bonds. The molecule has 2 aromatic heterocycles. The van der Waals surface area contributed by atoms with E-state index in [0.29, 0.717) is 48.5 Å². The average molecular weight is 485 g/mol. The number of methoxy groups -OCH3 is 1. The third kappa shape index (κ3) is 5.89. The van der Waals surface area contributed by atoms with E-state index >= 15 is 0 Å². The topological polar surface area (TPSA) is 158 Å². The first-order valence-electron chi connectivity index (χ1n) is 11.4. The minimum atomic E-state index is -0.618. The van der Waals surface area contributed by atoms with Gasteiger partial charge in [0.15, 0.2) is 0 Å². The number of imidazole rings is 1. The molecule has 0 saturated carbocycles. The first kappa shape index (κ1) is 25.5. The summed E-state index contributed by atoms with van der Waals surface area (Å²) in [6, 6.07) is 4.57. The van der Waals surface area contributed by atoms with E-state index in [-0.39, 0.29) is 29.5 Å². The lowest BCUT2D eigenvalue weighted by atomic mass is 10.1. The summed E-state index contributed by atoms with van der Waals surface area (Å²) in [5.41, 5.74) is 7.88. The van der Waals surface area contributed by atoms with Gasteiger partial charge in [-0.2, -0.15) is 5.10 Å². The second-order valence-corrected chi connectivity index (χ2v) is 8.35. The molecule has 0 aliphatic heterocycles. The van der Waals surface area contributed by atoms with Crippen LogP contribution in [-0.4, -0.2) is 56.9 Å². The van der Waals surface area contributed by atoms with Gasteiger partial charge in [-0.15, -0.1) is 0 Å². The highest BCUT2D eigenvalue weighted by atomic mass is 16.5. The van der Waals surface area contributed by atoms with Crippen molar-refractivity contribution in [2.75, 3.05) is 19.0 Å². The number of hydrogen-bond acceptors (Lipinski definition) is 6. The SMILES string of the molecule is CCn1nc(C)cc1C(=O)Nc1nc2cc(C(N)=O)cc(OC)c2n1CCCNC(=O)NC(C)C. The molecule has 0 radical (unpaired) electrons. The summed E-state index contributed by atoms with van der Waals surface area (Å²) in [4.78, 5) is 41.3. The number of primary amides is 1. The molecule has 3 rings (SSSR count). The normalized spacial score (nSPS) is 11.0. The number of amides is 4. The van der Waals surface area contributed by atoms with Gasteiger partial charge in [-0.1, -0.05) is 0 Å². The van der Waals surface area contributed by atoms with Crippen LogP contribution < -0.4 is 26.4 Å². The Bertz CT molecular complexity index is 1240. The number of anilines is 1. The van der Waals surface area contributed by atoms with E-state index in [9.17, 15) is 14.4 Å². The van der Waals surface area contributed by atoms with Gasteiger partial charge in [0.05, 0.1) is 18.3 Å². The predicted octanol–water partition coefficient (Wildman–Crippen LogP) is 2.02. The summed E-state index contributed by atoms with van der Waals surface area (Å²) in [5.74, 6) is -0.317. The Morgan fingerprint density at radius 2 is 1.94 bits per heavy atom. The quantitative estimate of drug-likeness (QED) is 0.322. The molecule has 0 bridgehead atoms. The van der Waals surface area contributed by atoms with Gasteiger partial charge in [0.25, 0.3) is 5.91 Å². The fraction of sp³-hybridized carbons (Fsp3) is 0.435. The van der Waals surface area contributed by atoms with Crippen LogP contribution in [0.15, 0.2) is 18.2 Å². The van der Waals surface area contributed by atoms with Crippen LogP contribution in [0, 0.1) is 6.92 Å². The number of urea groups is 1. The van der Waals surface area contributed by atoms with Gasteiger partial charge < -0.3 is 25.7 Å². The molecule has 12 heteroatoms. The summed E-state index contributed by atoms with van der Waals surface area (Å²) in [7, 11) is 1.48. The number of rotatable bonds is 10. The Hall–Kier alpha value is -4.09. The summed E-state index contributed by atoms with van der Waals surface area (Å²) >= 11 is 0. The lowest BCUT2D eigenvalue weighted by molar-refractivity contribution is 0.0995. The number of aromatic nitrogens is 4. The van der Waals surface area contributed by atoms with E-state index in [1.54, 1.807) is 21.4 Å². The molecule has 0 aliphatic rings. The van der Waals surface area contributed by atoms with Crippen molar-refractivity contribution in [2.24, 2.45) is 5.73 Å². The molecule has 0 unspecified atom stereocenters. The molecule has 12 nitrogen and oxygen atoms in total. The molecule has 3 aromatic rings. The van der Waals surface area contributed by atoms with Crippen molar-refractivity contribution in [3.8, 4) is 5.75 Å².